The van der Waals surface area contributed by atoms with Crippen LogP contribution in [0.1, 0.15) is 21.5 Å². The van der Waals surface area contributed by atoms with Crippen LogP contribution in [0.15, 0.2) is 73.1 Å². The molecule has 220 valence electrons. The number of hydrogen-bond acceptors (Lipinski definition) is 8. The van der Waals surface area contributed by atoms with E-state index in [1.54, 1.807) is 48.6 Å². The van der Waals surface area contributed by atoms with Crippen molar-refractivity contribution in [1.29, 1.82) is 0 Å². The lowest BCUT2D eigenvalue weighted by atomic mass is 10.2. The Morgan fingerprint density at radius 1 is 1.00 bits per heavy atom. The summed E-state index contributed by atoms with van der Waals surface area (Å²) >= 11 is 6.08. The fourth-order valence-electron chi connectivity index (χ4n) is 4.75. The standard InChI is InChI=1S/C31H29ClFN7O3/c1-38(30(41)22-6-4-7-23(32)15-22)11-12-39(2)31-36-28(34-16-20-9-10-25-26(14-20)43-19-42-25)27-29(37-31)40(18-35-27)17-21-5-3-8-24(33)13-21/h3-10,13-15,18H,11-12,16-17,19H2,1-2H3,(H,34,36,37). The van der Waals surface area contributed by atoms with Crippen molar-refractivity contribution in [2.45, 2.75) is 13.1 Å². The van der Waals surface area contributed by atoms with Gasteiger partial charge in [0.15, 0.2) is 28.5 Å². The molecule has 43 heavy (non-hydrogen) atoms. The van der Waals surface area contributed by atoms with Crippen molar-refractivity contribution in [2.24, 2.45) is 0 Å². The average Bonchev–Trinajstić information content (AvgIpc) is 3.65. The second-order valence-electron chi connectivity index (χ2n) is 10.2. The Morgan fingerprint density at radius 2 is 1.84 bits per heavy atom. The molecule has 0 radical (unpaired) electrons. The first-order valence-corrected chi connectivity index (χ1v) is 14.0. The van der Waals surface area contributed by atoms with E-state index in [0.29, 0.717) is 71.2 Å². The summed E-state index contributed by atoms with van der Waals surface area (Å²) in [5.74, 6) is 1.97. The van der Waals surface area contributed by atoms with Crippen LogP contribution in [0, 0.1) is 5.82 Å². The minimum atomic E-state index is -0.306. The number of ether oxygens (including phenoxy) is 2. The first kappa shape index (κ1) is 28.2. The molecule has 0 spiro atoms. The molecule has 1 amide bonds. The molecule has 3 heterocycles. The van der Waals surface area contributed by atoms with E-state index < -0.39 is 0 Å². The third-order valence-electron chi connectivity index (χ3n) is 7.12. The largest absolute Gasteiger partial charge is 0.454 e. The summed E-state index contributed by atoms with van der Waals surface area (Å²) in [5, 5.41) is 3.91. The van der Waals surface area contributed by atoms with Crippen LogP contribution in [0.3, 0.4) is 0 Å². The highest BCUT2D eigenvalue weighted by Gasteiger charge is 2.19. The highest BCUT2D eigenvalue weighted by atomic mass is 35.5. The van der Waals surface area contributed by atoms with Gasteiger partial charge in [-0.25, -0.2) is 9.37 Å². The molecule has 3 aromatic carbocycles. The monoisotopic (exact) mass is 601 g/mol. The molecule has 0 saturated carbocycles. The summed E-state index contributed by atoms with van der Waals surface area (Å²) in [5.41, 5.74) is 3.46. The topological polar surface area (TPSA) is 97.6 Å². The number of carbonyl (C=O) groups is 1. The molecule has 1 aliphatic rings. The van der Waals surface area contributed by atoms with Gasteiger partial charge < -0.3 is 29.2 Å². The van der Waals surface area contributed by atoms with Crippen molar-refractivity contribution in [3.05, 3.63) is 101 Å². The Hall–Kier alpha value is -4.90. The zero-order valence-electron chi connectivity index (χ0n) is 23.6. The molecule has 2 aromatic heterocycles. The summed E-state index contributed by atoms with van der Waals surface area (Å²) in [6.07, 6.45) is 1.68. The Kier molecular flexibility index (Phi) is 7.97. The molecule has 0 atom stereocenters. The number of rotatable bonds is 10. The molecule has 12 heteroatoms. The fraction of sp³-hybridized carbons (Fsp3) is 0.226. The fourth-order valence-corrected chi connectivity index (χ4v) is 4.94. The summed E-state index contributed by atoms with van der Waals surface area (Å²) in [6.45, 7) is 1.93. The maximum atomic E-state index is 13.9. The number of imidazole rings is 1. The van der Waals surface area contributed by atoms with Gasteiger partial charge in [-0.2, -0.15) is 9.97 Å². The molecular formula is C31H29ClFN7O3. The van der Waals surface area contributed by atoms with Crippen molar-refractivity contribution in [3.63, 3.8) is 0 Å². The zero-order chi connectivity index (χ0) is 29.9. The maximum Gasteiger partial charge on any atom is 0.253 e. The van der Waals surface area contributed by atoms with Gasteiger partial charge in [0.1, 0.15) is 5.82 Å². The van der Waals surface area contributed by atoms with Crippen molar-refractivity contribution in [1.82, 2.24) is 24.4 Å². The van der Waals surface area contributed by atoms with Gasteiger partial charge >= 0.3 is 0 Å². The van der Waals surface area contributed by atoms with E-state index in [1.807, 2.05) is 40.8 Å². The number of amides is 1. The highest BCUT2D eigenvalue weighted by molar-refractivity contribution is 6.30. The summed E-state index contributed by atoms with van der Waals surface area (Å²) in [4.78, 5) is 30.7. The third kappa shape index (κ3) is 6.31. The van der Waals surface area contributed by atoms with E-state index >= 15 is 0 Å². The van der Waals surface area contributed by atoms with Crippen molar-refractivity contribution in [2.75, 3.05) is 44.2 Å². The first-order chi connectivity index (χ1) is 20.8. The molecule has 0 saturated heterocycles. The second-order valence-corrected chi connectivity index (χ2v) is 10.7. The molecule has 1 N–H and O–H groups in total. The van der Waals surface area contributed by atoms with Crippen molar-refractivity contribution in [3.8, 4) is 11.5 Å². The molecule has 6 rings (SSSR count). The van der Waals surface area contributed by atoms with E-state index in [0.717, 1.165) is 11.1 Å². The number of fused-ring (bicyclic) bond motifs is 2. The van der Waals surface area contributed by atoms with Gasteiger partial charge in [-0.05, 0) is 53.6 Å². The molecule has 0 bridgehead atoms. The van der Waals surface area contributed by atoms with E-state index in [2.05, 4.69) is 10.3 Å². The normalized spacial score (nSPS) is 12.0. The average molecular weight is 602 g/mol. The van der Waals surface area contributed by atoms with Gasteiger partial charge in [0, 0.05) is 44.3 Å². The summed E-state index contributed by atoms with van der Waals surface area (Å²) < 4.78 is 26.7. The van der Waals surface area contributed by atoms with Crippen LogP contribution in [-0.2, 0) is 13.1 Å². The smallest absolute Gasteiger partial charge is 0.253 e. The second kappa shape index (κ2) is 12.1. The molecule has 0 aliphatic carbocycles. The number of carbonyl (C=O) groups excluding carboxylic acids is 1. The number of hydrogen-bond donors (Lipinski definition) is 1. The van der Waals surface area contributed by atoms with Gasteiger partial charge in [0.05, 0.1) is 12.9 Å². The Balaban J connectivity index is 1.25. The molecule has 1 aliphatic heterocycles. The van der Waals surface area contributed by atoms with E-state index in [-0.39, 0.29) is 18.5 Å². The summed E-state index contributed by atoms with van der Waals surface area (Å²) in [7, 11) is 3.61. The van der Waals surface area contributed by atoms with Crippen LogP contribution in [0.2, 0.25) is 5.02 Å². The van der Waals surface area contributed by atoms with Crippen LogP contribution in [-0.4, -0.2) is 64.3 Å². The number of nitrogens with zero attached hydrogens (tertiary/aromatic N) is 6. The van der Waals surface area contributed by atoms with Gasteiger partial charge in [-0.15, -0.1) is 0 Å². The Morgan fingerprint density at radius 3 is 2.67 bits per heavy atom. The van der Waals surface area contributed by atoms with E-state index in [1.165, 1.54) is 12.1 Å². The van der Waals surface area contributed by atoms with Crippen LogP contribution in [0.25, 0.3) is 11.2 Å². The van der Waals surface area contributed by atoms with Gasteiger partial charge in [-0.3, -0.25) is 4.79 Å². The number of aromatic nitrogens is 4. The first-order valence-electron chi connectivity index (χ1n) is 13.7. The number of nitrogens with one attached hydrogen (secondary N) is 1. The molecular weight excluding hydrogens is 573 g/mol. The number of likely N-dealkylation sites (N-methyl/N-ethyl adjacent to an activating group) is 2. The predicted octanol–water partition coefficient (Wildman–Crippen LogP) is 5.22. The van der Waals surface area contributed by atoms with Crippen LogP contribution in [0.4, 0.5) is 16.2 Å². The van der Waals surface area contributed by atoms with Crippen LogP contribution < -0.4 is 19.7 Å². The van der Waals surface area contributed by atoms with Gasteiger partial charge in [-0.1, -0.05) is 35.9 Å². The Labute approximate surface area is 252 Å². The third-order valence-corrected chi connectivity index (χ3v) is 7.36. The zero-order valence-corrected chi connectivity index (χ0v) is 24.4. The minimum absolute atomic E-state index is 0.133. The van der Waals surface area contributed by atoms with Crippen LogP contribution in [0.5, 0.6) is 11.5 Å². The number of anilines is 2. The van der Waals surface area contributed by atoms with Gasteiger partial charge in [0.25, 0.3) is 5.91 Å². The van der Waals surface area contributed by atoms with Crippen molar-refractivity contribution < 1.29 is 18.7 Å². The molecule has 0 unspecified atom stereocenters. The lowest BCUT2D eigenvalue weighted by molar-refractivity contribution is 0.0798. The van der Waals surface area contributed by atoms with Gasteiger partial charge in [0.2, 0.25) is 12.7 Å². The highest BCUT2D eigenvalue weighted by Crippen LogP contribution is 2.33. The Bertz CT molecular complexity index is 1800. The van der Waals surface area contributed by atoms with E-state index in [4.69, 9.17) is 31.0 Å². The maximum absolute atomic E-state index is 13.9. The predicted molar refractivity (Wildman–Crippen MR) is 162 cm³/mol. The SMILES string of the molecule is CN(CCN(C)c1nc(NCc2ccc3c(c2)OCO3)c2ncn(Cc3cccc(F)c3)c2n1)C(=O)c1cccc(Cl)c1. The van der Waals surface area contributed by atoms with Crippen molar-refractivity contribution >= 4 is 40.4 Å². The summed E-state index contributed by atoms with van der Waals surface area (Å²) in [6, 6.07) is 19.1. The quantitative estimate of drug-likeness (QED) is 0.233. The molecule has 5 aromatic rings. The van der Waals surface area contributed by atoms with Crippen LogP contribution >= 0.6 is 11.6 Å². The molecule has 10 nitrogen and oxygen atoms in total. The lowest BCUT2D eigenvalue weighted by Gasteiger charge is -2.23. The number of benzene rings is 3. The number of halogens is 2. The minimum Gasteiger partial charge on any atom is -0.454 e. The van der Waals surface area contributed by atoms with E-state index in [9.17, 15) is 9.18 Å². The molecule has 0 fully saturated rings. The lowest BCUT2D eigenvalue weighted by Crippen LogP contribution is -2.35.